The molecule has 2 atom stereocenters. The van der Waals surface area contributed by atoms with Crippen LogP contribution in [0.2, 0.25) is 0 Å². The van der Waals surface area contributed by atoms with Crippen molar-refractivity contribution >= 4 is 16.5 Å². The Morgan fingerprint density at radius 2 is 1.65 bits per heavy atom. The van der Waals surface area contributed by atoms with E-state index >= 15 is 0 Å². The molecule has 2 unspecified atom stereocenters. The van der Waals surface area contributed by atoms with Crippen LogP contribution in [-0.4, -0.2) is 20.1 Å². The monoisotopic (exact) mass is 226 g/mol. The van der Waals surface area contributed by atoms with Crippen molar-refractivity contribution < 1.29 is 0 Å². The molecule has 0 fully saturated rings. The Labute approximate surface area is 103 Å². The molecular weight excluding hydrogens is 206 g/mol. The molecule has 0 saturated carbocycles. The summed E-state index contributed by atoms with van der Waals surface area (Å²) in [5, 5.41) is 2.78. The van der Waals surface area contributed by atoms with Gasteiger partial charge in [-0.1, -0.05) is 37.3 Å². The third kappa shape index (κ3) is 1.29. The van der Waals surface area contributed by atoms with E-state index in [1.165, 1.54) is 22.0 Å². The van der Waals surface area contributed by atoms with Crippen molar-refractivity contribution in [2.45, 2.75) is 25.8 Å². The van der Waals surface area contributed by atoms with Gasteiger partial charge in [0.1, 0.15) is 5.69 Å². The van der Waals surface area contributed by atoms with Crippen LogP contribution in [-0.2, 0) is 0 Å². The van der Waals surface area contributed by atoms with Crippen LogP contribution in [0.25, 0.3) is 10.8 Å². The van der Waals surface area contributed by atoms with Crippen molar-refractivity contribution in [2.75, 3.05) is 14.1 Å². The first kappa shape index (κ1) is 10.8. The van der Waals surface area contributed by atoms with Crippen LogP contribution in [0.4, 0.5) is 5.69 Å². The standard InChI is InChI=1S/C16H20N/c1-11-12(2)17(3,4)16-14(11)10-9-13-7-5-6-8-15(13)16/h5-12H,1-4H3/q+1. The summed E-state index contributed by atoms with van der Waals surface area (Å²) in [6.45, 7) is 4.71. The average Bonchev–Trinajstić information content (AvgIpc) is 2.51. The Bertz CT molecular complexity index is 583. The average molecular weight is 226 g/mol. The number of likely N-dealkylation sites (N-methyl/N-ethyl adjacent to an activating group) is 1. The van der Waals surface area contributed by atoms with E-state index < -0.39 is 0 Å². The lowest BCUT2D eigenvalue weighted by atomic mass is 9.96. The van der Waals surface area contributed by atoms with Gasteiger partial charge in [-0.25, -0.2) is 0 Å². The number of benzene rings is 2. The van der Waals surface area contributed by atoms with Gasteiger partial charge in [-0.3, -0.25) is 4.48 Å². The largest absolute Gasteiger partial charge is 0.292 e. The highest BCUT2D eigenvalue weighted by molar-refractivity contribution is 5.96. The van der Waals surface area contributed by atoms with Gasteiger partial charge in [0, 0.05) is 16.9 Å². The topological polar surface area (TPSA) is 0 Å². The molecule has 0 aliphatic carbocycles. The van der Waals surface area contributed by atoms with Crippen LogP contribution in [0.15, 0.2) is 36.4 Å². The lowest BCUT2D eigenvalue weighted by molar-refractivity contribution is 0.314. The SMILES string of the molecule is CC1c2ccc3ccccc3c2[N+](C)(C)C1C. The Morgan fingerprint density at radius 1 is 0.941 bits per heavy atom. The first-order valence-electron chi connectivity index (χ1n) is 6.39. The molecule has 1 aliphatic heterocycles. The molecule has 0 bridgehead atoms. The second-order valence-electron chi connectivity index (χ2n) is 5.79. The van der Waals surface area contributed by atoms with Gasteiger partial charge < -0.3 is 0 Å². The Morgan fingerprint density at radius 3 is 2.41 bits per heavy atom. The summed E-state index contributed by atoms with van der Waals surface area (Å²) in [6, 6.07) is 14.0. The van der Waals surface area contributed by atoms with Crippen LogP contribution in [0.3, 0.4) is 0 Å². The van der Waals surface area contributed by atoms with E-state index in [1.807, 2.05) is 0 Å². The van der Waals surface area contributed by atoms with Crippen molar-refractivity contribution in [1.29, 1.82) is 0 Å². The second kappa shape index (κ2) is 3.33. The molecule has 1 heterocycles. The minimum atomic E-state index is 0.643. The maximum atomic E-state index is 2.36. The molecule has 0 amide bonds. The molecule has 0 saturated heterocycles. The van der Waals surface area contributed by atoms with Gasteiger partial charge in [-0.05, 0) is 18.4 Å². The van der Waals surface area contributed by atoms with Crippen LogP contribution in [0.1, 0.15) is 25.3 Å². The molecule has 17 heavy (non-hydrogen) atoms. The number of quaternary nitrogens is 1. The molecular formula is C16H20N+. The highest BCUT2D eigenvalue weighted by Gasteiger charge is 2.43. The quantitative estimate of drug-likeness (QED) is 0.597. The maximum Gasteiger partial charge on any atom is 0.144 e. The van der Waals surface area contributed by atoms with E-state index in [-0.39, 0.29) is 0 Å². The number of rotatable bonds is 0. The van der Waals surface area contributed by atoms with Crippen molar-refractivity contribution in [3.8, 4) is 0 Å². The predicted octanol–water partition coefficient (Wildman–Crippen LogP) is 3.91. The Balaban J connectivity index is 2.42. The maximum absolute atomic E-state index is 2.36. The fourth-order valence-electron chi connectivity index (χ4n) is 3.31. The summed E-state index contributed by atoms with van der Waals surface area (Å²) in [4.78, 5) is 0. The Kier molecular flexibility index (Phi) is 2.11. The third-order valence-corrected chi connectivity index (χ3v) is 4.74. The molecule has 1 aliphatic rings. The highest BCUT2D eigenvalue weighted by atomic mass is 15.4. The minimum absolute atomic E-state index is 0.643. The number of fused-ring (bicyclic) bond motifs is 3. The van der Waals surface area contributed by atoms with Gasteiger partial charge in [0.25, 0.3) is 0 Å². The van der Waals surface area contributed by atoms with Gasteiger partial charge in [0.05, 0.1) is 20.1 Å². The number of hydrogen-bond acceptors (Lipinski definition) is 0. The molecule has 0 spiro atoms. The minimum Gasteiger partial charge on any atom is -0.292 e. The lowest BCUT2D eigenvalue weighted by Gasteiger charge is -2.31. The van der Waals surface area contributed by atoms with Gasteiger partial charge in [-0.15, -0.1) is 0 Å². The molecule has 0 radical (unpaired) electrons. The zero-order chi connectivity index (χ0) is 12.2. The van der Waals surface area contributed by atoms with E-state index in [1.54, 1.807) is 0 Å². The van der Waals surface area contributed by atoms with Crippen molar-refractivity contribution in [2.24, 2.45) is 0 Å². The van der Waals surface area contributed by atoms with Crippen LogP contribution in [0.5, 0.6) is 0 Å². The smallest absolute Gasteiger partial charge is 0.144 e. The van der Waals surface area contributed by atoms with Crippen LogP contribution < -0.4 is 4.48 Å². The molecule has 88 valence electrons. The number of nitrogens with zero attached hydrogens (tertiary/aromatic N) is 1. The summed E-state index contributed by atoms with van der Waals surface area (Å²) in [5.41, 5.74) is 3.05. The molecule has 2 aromatic carbocycles. The lowest BCUT2D eigenvalue weighted by Crippen LogP contribution is -2.46. The fourth-order valence-corrected chi connectivity index (χ4v) is 3.31. The van der Waals surface area contributed by atoms with Crippen LogP contribution >= 0.6 is 0 Å². The molecule has 1 heteroatoms. The van der Waals surface area contributed by atoms with Gasteiger partial charge in [-0.2, -0.15) is 0 Å². The number of hydrogen-bond donors (Lipinski definition) is 0. The molecule has 1 nitrogen and oxygen atoms in total. The summed E-state index contributed by atoms with van der Waals surface area (Å²) < 4.78 is 0.998. The van der Waals surface area contributed by atoms with Crippen molar-refractivity contribution in [3.05, 3.63) is 42.0 Å². The van der Waals surface area contributed by atoms with Crippen molar-refractivity contribution in [1.82, 2.24) is 4.48 Å². The van der Waals surface area contributed by atoms with Gasteiger partial charge in [0.2, 0.25) is 0 Å². The summed E-state index contributed by atoms with van der Waals surface area (Å²) in [7, 11) is 4.67. The molecule has 2 aromatic rings. The molecule has 0 aromatic heterocycles. The Hall–Kier alpha value is -1.34. The summed E-state index contributed by atoms with van der Waals surface area (Å²) in [6.07, 6.45) is 0. The second-order valence-corrected chi connectivity index (χ2v) is 5.79. The highest BCUT2D eigenvalue weighted by Crippen LogP contribution is 2.47. The van der Waals surface area contributed by atoms with E-state index in [4.69, 9.17) is 0 Å². The van der Waals surface area contributed by atoms with Crippen LogP contribution in [0, 0.1) is 0 Å². The fraction of sp³-hybridized carbons (Fsp3) is 0.375. The molecule has 3 rings (SSSR count). The van der Waals surface area contributed by atoms with E-state index in [9.17, 15) is 0 Å². The van der Waals surface area contributed by atoms with E-state index in [0.29, 0.717) is 12.0 Å². The zero-order valence-electron chi connectivity index (χ0n) is 11.1. The van der Waals surface area contributed by atoms with E-state index in [2.05, 4.69) is 64.3 Å². The predicted molar refractivity (Wildman–Crippen MR) is 75.5 cm³/mol. The summed E-state index contributed by atoms with van der Waals surface area (Å²) >= 11 is 0. The summed E-state index contributed by atoms with van der Waals surface area (Å²) in [5.74, 6) is 0.643. The van der Waals surface area contributed by atoms with E-state index in [0.717, 1.165) is 4.48 Å². The first-order chi connectivity index (χ1) is 8.03. The normalized spacial score (nSPS) is 26.1. The third-order valence-electron chi connectivity index (χ3n) is 4.74. The molecule has 0 N–H and O–H groups in total. The van der Waals surface area contributed by atoms with Crippen molar-refractivity contribution in [3.63, 3.8) is 0 Å². The van der Waals surface area contributed by atoms with Gasteiger partial charge in [0.15, 0.2) is 0 Å². The zero-order valence-corrected chi connectivity index (χ0v) is 11.1. The van der Waals surface area contributed by atoms with Gasteiger partial charge >= 0.3 is 0 Å². The first-order valence-corrected chi connectivity index (χ1v) is 6.39.